The van der Waals surface area contributed by atoms with E-state index < -0.39 is 16.8 Å². The Morgan fingerprint density at radius 1 is 1.26 bits per heavy atom. The lowest BCUT2D eigenvalue weighted by atomic mass is 10.0. The highest BCUT2D eigenvalue weighted by molar-refractivity contribution is 5.35. The highest BCUT2D eigenvalue weighted by Crippen LogP contribution is 2.23. The van der Waals surface area contributed by atoms with E-state index in [1.165, 1.54) is 24.3 Å². The number of benzene rings is 2. The molecule has 122 valence electrons. The van der Waals surface area contributed by atoms with Crippen LogP contribution in [-0.4, -0.2) is 16.6 Å². The number of halogens is 1. The molecular weight excluding hydrogens is 299 g/mol. The van der Waals surface area contributed by atoms with Crippen LogP contribution in [0.1, 0.15) is 36.6 Å². The van der Waals surface area contributed by atoms with Crippen LogP contribution in [0, 0.1) is 15.9 Å². The monoisotopic (exact) mass is 318 g/mol. The number of nitrogens with one attached hydrogen (secondary N) is 1. The lowest BCUT2D eigenvalue weighted by molar-refractivity contribution is -0.384. The third-order valence-electron chi connectivity index (χ3n) is 3.71. The average Bonchev–Trinajstić information content (AvgIpc) is 2.56. The molecule has 2 atom stereocenters. The summed E-state index contributed by atoms with van der Waals surface area (Å²) >= 11 is 0. The molecule has 0 aliphatic carbocycles. The first-order chi connectivity index (χ1) is 11.0. The first-order valence-electron chi connectivity index (χ1n) is 7.43. The van der Waals surface area contributed by atoms with E-state index in [-0.39, 0.29) is 23.8 Å². The molecule has 0 saturated heterocycles. The van der Waals surface area contributed by atoms with Crippen LogP contribution >= 0.6 is 0 Å². The summed E-state index contributed by atoms with van der Waals surface area (Å²) in [7, 11) is 0. The Balaban J connectivity index is 2.07. The maximum absolute atomic E-state index is 13.6. The summed E-state index contributed by atoms with van der Waals surface area (Å²) in [5, 5.41) is 24.1. The molecule has 2 aromatic carbocycles. The van der Waals surface area contributed by atoms with Gasteiger partial charge in [0.05, 0.1) is 11.0 Å². The van der Waals surface area contributed by atoms with Crippen molar-refractivity contribution < 1.29 is 14.4 Å². The molecule has 2 N–H and O–H groups in total. The number of hydrogen-bond donors (Lipinski definition) is 2. The number of hydrogen-bond acceptors (Lipinski definition) is 4. The van der Waals surface area contributed by atoms with E-state index in [9.17, 15) is 19.6 Å². The fourth-order valence-electron chi connectivity index (χ4n) is 2.46. The van der Waals surface area contributed by atoms with Crippen molar-refractivity contribution >= 4 is 5.69 Å². The minimum Gasteiger partial charge on any atom is -0.387 e. The van der Waals surface area contributed by atoms with Gasteiger partial charge in [-0.1, -0.05) is 37.3 Å². The molecule has 2 unspecified atom stereocenters. The van der Waals surface area contributed by atoms with Crippen molar-refractivity contribution in [3.63, 3.8) is 0 Å². The number of aliphatic hydroxyl groups excluding tert-OH is 1. The number of aliphatic hydroxyl groups is 1. The molecule has 5 nitrogen and oxygen atoms in total. The molecule has 0 aromatic heterocycles. The predicted octanol–water partition coefficient (Wildman–Crippen LogP) is 3.51. The highest BCUT2D eigenvalue weighted by atomic mass is 19.1. The third-order valence-corrected chi connectivity index (χ3v) is 3.71. The van der Waals surface area contributed by atoms with Gasteiger partial charge in [-0.3, -0.25) is 10.1 Å². The second kappa shape index (κ2) is 7.80. The summed E-state index contributed by atoms with van der Waals surface area (Å²) in [6.07, 6.45) is -0.297. The van der Waals surface area contributed by atoms with E-state index in [0.717, 1.165) is 5.56 Å². The van der Waals surface area contributed by atoms with Gasteiger partial charge in [0.1, 0.15) is 5.82 Å². The van der Waals surface area contributed by atoms with E-state index in [1.807, 2.05) is 6.92 Å². The molecular formula is C17H19FN2O3. The molecule has 0 saturated carbocycles. The van der Waals surface area contributed by atoms with E-state index in [1.54, 1.807) is 24.3 Å². The molecule has 0 spiro atoms. The average molecular weight is 318 g/mol. The second-order valence-corrected chi connectivity index (χ2v) is 5.26. The molecule has 2 aromatic rings. The number of nitrogens with zero attached hydrogens (tertiary/aromatic N) is 1. The van der Waals surface area contributed by atoms with Gasteiger partial charge in [0.15, 0.2) is 0 Å². The molecule has 0 fully saturated rings. The zero-order valence-electron chi connectivity index (χ0n) is 12.8. The van der Waals surface area contributed by atoms with E-state index >= 15 is 0 Å². The summed E-state index contributed by atoms with van der Waals surface area (Å²) in [6.45, 7) is 2.09. The van der Waals surface area contributed by atoms with E-state index in [0.29, 0.717) is 6.42 Å². The SMILES string of the molecule is CCC(NCC(O)c1ccccc1F)c1cccc([N+](=O)[O-])c1. The van der Waals surface area contributed by atoms with Gasteiger partial charge in [0, 0.05) is 30.3 Å². The topological polar surface area (TPSA) is 75.4 Å². The summed E-state index contributed by atoms with van der Waals surface area (Å²) in [6, 6.07) is 12.3. The smallest absolute Gasteiger partial charge is 0.269 e. The summed E-state index contributed by atoms with van der Waals surface area (Å²) in [5.41, 5.74) is 1.02. The fourth-order valence-corrected chi connectivity index (χ4v) is 2.46. The van der Waals surface area contributed by atoms with Crippen molar-refractivity contribution in [1.82, 2.24) is 5.32 Å². The van der Waals surface area contributed by atoms with Gasteiger partial charge in [-0.2, -0.15) is 0 Å². The quantitative estimate of drug-likeness (QED) is 0.605. The lowest BCUT2D eigenvalue weighted by Crippen LogP contribution is -2.26. The largest absolute Gasteiger partial charge is 0.387 e. The molecule has 0 aliphatic rings. The zero-order chi connectivity index (χ0) is 16.8. The normalized spacial score (nSPS) is 13.5. The van der Waals surface area contributed by atoms with Crippen molar-refractivity contribution in [2.45, 2.75) is 25.5 Å². The lowest BCUT2D eigenvalue weighted by Gasteiger charge is -2.20. The zero-order valence-corrected chi connectivity index (χ0v) is 12.8. The van der Waals surface area contributed by atoms with Gasteiger partial charge in [0.25, 0.3) is 5.69 Å². The maximum Gasteiger partial charge on any atom is 0.269 e. The van der Waals surface area contributed by atoms with Crippen LogP contribution in [0.15, 0.2) is 48.5 Å². The first kappa shape index (κ1) is 17.1. The number of non-ortho nitro benzene ring substituents is 1. The Hall–Kier alpha value is -2.31. The van der Waals surface area contributed by atoms with Gasteiger partial charge in [-0.25, -0.2) is 4.39 Å². The Labute approximate surface area is 133 Å². The minimum atomic E-state index is -0.982. The molecule has 0 aliphatic heterocycles. The summed E-state index contributed by atoms with van der Waals surface area (Å²) < 4.78 is 13.6. The Morgan fingerprint density at radius 3 is 2.65 bits per heavy atom. The van der Waals surface area contributed by atoms with Gasteiger partial charge >= 0.3 is 0 Å². The van der Waals surface area contributed by atoms with Crippen molar-refractivity contribution in [3.8, 4) is 0 Å². The van der Waals surface area contributed by atoms with Crippen LogP contribution < -0.4 is 5.32 Å². The molecule has 0 radical (unpaired) electrons. The number of nitro benzene ring substituents is 1. The van der Waals surface area contributed by atoms with Gasteiger partial charge in [0.2, 0.25) is 0 Å². The Morgan fingerprint density at radius 2 is 2.00 bits per heavy atom. The number of nitro groups is 1. The van der Waals surface area contributed by atoms with Crippen molar-refractivity contribution in [2.75, 3.05) is 6.54 Å². The fraction of sp³-hybridized carbons (Fsp3) is 0.294. The van der Waals surface area contributed by atoms with Crippen LogP contribution in [0.25, 0.3) is 0 Å². The van der Waals surface area contributed by atoms with Crippen LogP contribution in [0.3, 0.4) is 0 Å². The summed E-state index contributed by atoms with van der Waals surface area (Å²) in [4.78, 5) is 10.4. The van der Waals surface area contributed by atoms with Gasteiger partial charge < -0.3 is 10.4 Å². The standard InChI is InChI=1S/C17H19FN2O3/c1-2-16(12-6-5-7-13(10-12)20(22)23)19-11-17(21)14-8-3-4-9-15(14)18/h3-10,16-17,19,21H,2,11H2,1H3. The molecule has 6 heteroatoms. The molecule has 2 rings (SSSR count). The van der Waals surface area contributed by atoms with Crippen LogP contribution in [0.5, 0.6) is 0 Å². The van der Waals surface area contributed by atoms with Crippen LogP contribution in [0.4, 0.5) is 10.1 Å². The van der Waals surface area contributed by atoms with E-state index in [4.69, 9.17) is 0 Å². The molecule has 0 bridgehead atoms. The number of rotatable bonds is 7. The van der Waals surface area contributed by atoms with Crippen molar-refractivity contribution in [1.29, 1.82) is 0 Å². The van der Waals surface area contributed by atoms with Crippen LogP contribution in [0.2, 0.25) is 0 Å². The Bertz CT molecular complexity index is 678. The molecule has 23 heavy (non-hydrogen) atoms. The third kappa shape index (κ3) is 4.34. The second-order valence-electron chi connectivity index (χ2n) is 5.26. The first-order valence-corrected chi connectivity index (χ1v) is 7.43. The van der Waals surface area contributed by atoms with Gasteiger partial charge in [-0.05, 0) is 18.1 Å². The van der Waals surface area contributed by atoms with Crippen molar-refractivity contribution in [3.05, 3.63) is 75.6 Å². The molecule has 0 heterocycles. The summed E-state index contributed by atoms with van der Waals surface area (Å²) in [5.74, 6) is -0.454. The minimum absolute atomic E-state index is 0.0254. The van der Waals surface area contributed by atoms with E-state index in [2.05, 4.69) is 5.32 Å². The predicted molar refractivity (Wildman–Crippen MR) is 85.5 cm³/mol. The highest BCUT2D eigenvalue weighted by Gasteiger charge is 2.17. The van der Waals surface area contributed by atoms with Gasteiger partial charge in [-0.15, -0.1) is 0 Å². The van der Waals surface area contributed by atoms with Crippen molar-refractivity contribution in [2.24, 2.45) is 0 Å². The Kier molecular flexibility index (Phi) is 5.78. The molecule has 0 amide bonds. The maximum atomic E-state index is 13.6. The van der Waals surface area contributed by atoms with Crippen LogP contribution in [-0.2, 0) is 0 Å².